The predicted octanol–water partition coefficient (Wildman–Crippen LogP) is 7.00. The van der Waals surface area contributed by atoms with E-state index in [0.717, 1.165) is 73.7 Å². The van der Waals surface area contributed by atoms with E-state index in [9.17, 15) is 9.59 Å². The lowest BCUT2D eigenvalue weighted by Gasteiger charge is -2.30. The number of ketones is 1. The van der Waals surface area contributed by atoms with Gasteiger partial charge in [-0.25, -0.2) is 9.18 Å². The maximum atomic E-state index is 15.4. The quantitative estimate of drug-likeness (QED) is 0.289. The van der Waals surface area contributed by atoms with Crippen molar-refractivity contribution in [2.24, 2.45) is 11.3 Å². The number of likely N-dealkylation sites (tertiary alicyclic amines) is 1. The number of carbonyl (C=O) groups excluding carboxylic acids is 1. The van der Waals surface area contributed by atoms with Crippen LogP contribution in [-0.2, 0) is 10.2 Å². The molecule has 1 aliphatic heterocycles. The predicted molar refractivity (Wildman–Crippen MR) is 164 cm³/mol. The first-order chi connectivity index (χ1) is 20.4. The molecule has 230 valence electrons. The molecule has 7 nitrogen and oxygen atoms in total. The molecule has 8 heteroatoms. The lowest BCUT2D eigenvalue weighted by molar-refractivity contribution is -0.123. The van der Waals surface area contributed by atoms with Gasteiger partial charge in [0, 0.05) is 18.5 Å². The number of Topliss-reactive ketones (excluding diaryl/α,β-unsaturated/α-hetero) is 1. The Morgan fingerprint density at radius 1 is 1.16 bits per heavy atom. The van der Waals surface area contributed by atoms with Crippen LogP contribution < -0.4 is 10.5 Å². The summed E-state index contributed by atoms with van der Waals surface area (Å²) in [6, 6.07) is 11.3. The molecule has 0 bridgehead atoms. The van der Waals surface area contributed by atoms with Crippen LogP contribution in [0.4, 0.5) is 4.39 Å². The standard InChI is InChI=1S/C35H44FN3O4/c1-34(2)19-28(39(5)20-34)29(40)17-21-12-14-24(16-21)42-30-15-13-23(35(3,4)32-37-33(41)43-38-32)18-26(30)25-10-7-11-27(36)31(25)22-8-6-9-22/h7,10-11,13,15,18,21-22,24,28H,6,8-9,12,14,16-17,19-20H2,1-5H3,(H,37,38,41)/t21-,24?,28?/m1/s1. The lowest BCUT2D eigenvalue weighted by atomic mass is 9.76. The van der Waals surface area contributed by atoms with Crippen molar-refractivity contribution in [3.05, 3.63) is 69.7 Å². The normalized spacial score (nSPS) is 24.3. The van der Waals surface area contributed by atoms with E-state index < -0.39 is 11.2 Å². The van der Waals surface area contributed by atoms with Gasteiger partial charge in [-0.1, -0.05) is 43.6 Å². The fourth-order valence-corrected chi connectivity index (χ4v) is 7.56. The van der Waals surface area contributed by atoms with E-state index in [2.05, 4.69) is 35.9 Å². The van der Waals surface area contributed by atoms with Crippen LogP contribution in [0.5, 0.6) is 5.75 Å². The van der Waals surface area contributed by atoms with E-state index >= 15 is 4.39 Å². The monoisotopic (exact) mass is 589 g/mol. The van der Waals surface area contributed by atoms with Crippen LogP contribution in [0.3, 0.4) is 0 Å². The second-order valence-electron chi connectivity index (χ2n) is 14.5. The first-order valence-electron chi connectivity index (χ1n) is 15.8. The second kappa shape index (κ2) is 11.3. The van der Waals surface area contributed by atoms with Crippen molar-refractivity contribution in [3.8, 4) is 16.9 Å². The molecule has 2 saturated carbocycles. The molecule has 3 atom stereocenters. The number of nitrogens with zero attached hydrogens (tertiary/aromatic N) is 2. The molecule has 6 rings (SSSR count). The fourth-order valence-electron chi connectivity index (χ4n) is 7.56. The highest BCUT2D eigenvalue weighted by Crippen LogP contribution is 2.46. The molecule has 2 heterocycles. The van der Waals surface area contributed by atoms with E-state index in [0.29, 0.717) is 29.7 Å². The minimum Gasteiger partial charge on any atom is -0.490 e. The van der Waals surface area contributed by atoms with Gasteiger partial charge < -0.3 is 4.74 Å². The Bertz CT molecular complexity index is 1550. The molecular weight excluding hydrogens is 545 g/mol. The number of hydrogen-bond donors (Lipinski definition) is 1. The molecule has 2 aromatic carbocycles. The first-order valence-corrected chi connectivity index (χ1v) is 15.8. The molecule has 0 radical (unpaired) electrons. The summed E-state index contributed by atoms with van der Waals surface area (Å²) >= 11 is 0. The molecule has 3 aromatic rings. The number of H-pyrrole nitrogens is 1. The Morgan fingerprint density at radius 2 is 1.95 bits per heavy atom. The highest BCUT2D eigenvalue weighted by molar-refractivity contribution is 5.84. The summed E-state index contributed by atoms with van der Waals surface area (Å²) < 4.78 is 26.9. The van der Waals surface area contributed by atoms with Crippen LogP contribution in [0, 0.1) is 17.2 Å². The summed E-state index contributed by atoms with van der Waals surface area (Å²) in [4.78, 5) is 29.9. The van der Waals surface area contributed by atoms with Crippen LogP contribution in [-0.4, -0.2) is 46.6 Å². The summed E-state index contributed by atoms with van der Waals surface area (Å²) in [5.41, 5.74) is 2.86. The van der Waals surface area contributed by atoms with E-state index in [4.69, 9.17) is 9.26 Å². The number of carbonyl (C=O) groups is 1. The number of hydrogen-bond acceptors (Lipinski definition) is 6. The third kappa shape index (κ3) is 5.95. The molecule has 0 amide bonds. The van der Waals surface area contributed by atoms with Crippen LogP contribution >= 0.6 is 0 Å². The molecule has 3 fully saturated rings. The van der Waals surface area contributed by atoms with Gasteiger partial charge in [0.25, 0.3) is 0 Å². The summed E-state index contributed by atoms with van der Waals surface area (Å²) in [7, 11) is 2.06. The van der Waals surface area contributed by atoms with Crippen LogP contribution in [0.15, 0.2) is 45.7 Å². The Kier molecular flexibility index (Phi) is 7.86. The molecule has 43 heavy (non-hydrogen) atoms. The van der Waals surface area contributed by atoms with Gasteiger partial charge >= 0.3 is 5.76 Å². The van der Waals surface area contributed by atoms with Crippen LogP contribution in [0.2, 0.25) is 0 Å². The highest BCUT2D eigenvalue weighted by atomic mass is 19.1. The number of nitrogens with one attached hydrogen (secondary N) is 1. The number of likely N-dealkylation sites (N-methyl/N-ethyl adjacent to an activating group) is 1. The minimum absolute atomic E-state index is 0.00929. The number of aromatic amines is 1. The van der Waals surface area contributed by atoms with Crippen molar-refractivity contribution in [1.29, 1.82) is 0 Å². The molecule has 2 unspecified atom stereocenters. The topological polar surface area (TPSA) is 88.4 Å². The zero-order valence-electron chi connectivity index (χ0n) is 26.0. The number of halogens is 1. The van der Waals surface area contributed by atoms with Crippen molar-refractivity contribution in [2.45, 2.75) is 103 Å². The van der Waals surface area contributed by atoms with E-state index in [1.54, 1.807) is 12.1 Å². The molecule has 0 spiro atoms. The van der Waals surface area contributed by atoms with E-state index in [1.165, 1.54) is 0 Å². The number of aromatic nitrogens is 2. The van der Waals surface area contributed by atoms with Crippen molar-refractivity contribution < 1.29 is 18.4 Å². The highest BCUT2D eigenvalue weighted by Gasteiger charge is 2.40. The van der Waals surface area contributed by atoms with Gasteiger partial charge in [-0.05, 0) is 112 Å². The number of ether oxygens (including phenoxy) is 1. The summed E-state index contributed by atoms with van der Waals surface area (Å²) in [6.45, 7) is 9.37. The minimum atomic E-state index is -0.663. The molecule has 1 saturated heterocycles. The van der Waals surface area contributed by atoms with E-state index in [1.807, 2.05) is 38.1 Å². The van der Waals surface area contributed by atoms with Gasteiger partial charge in [-0.15, -0.1) is 0 Å². The SMILES string of the molecule is CN1CC(C)(C)CC1C(=O)C[C@@H]1CCC(Oc2ccc(C(C)(C)c3noc(=O)[nH]3)cc2-c2cccc(F)c2C2CCC2)C1. The average Bonchev–Trinajstić information content (AvgIpc) is 3.62. The van der Waals surface area contributed by atoms with Gasteiger partial charge in [-0.2, -0.15) is 0 Å². The number of rotatable bonds is 9. The summed E-state index contributed by atoms with van der Waals surface area (Å²) in [5.74, 6) is 1.20. The average molecular weight is 590 g/mol. The van der Waals surface area contributed by atoms with Crippen molar-refractivity contribution in [3.63, 3.8) is 0 Å². The molecule has 1 aromatic heterocycles. The fraction of sp³-hybridized carbons (Fsp3) is 0.571. The lowest BCUT2D eigenvalue weighted by Crippen LogP contribution is -2.33. The maximum absolute atomic E-state index is 15.4. The van der Waals surface area contributed by atoms with Crippen LogP contribution in [0.25, 0.3) is 11.1 Å². The Balaban J connectivity index is 1.27. The Hall–Kier alpha value is -3.26. The summed E-state index contributed by atoms with van der Waals surface area (Å²) in [6.07, 6.45) is 7.22. The first kappa shape index (κ1) is 29.8. The van der Waals surface area contributed by atoms with Crippen molar-refractivity contribution in [2.75, 3.05) is 13.6 Å². The van der Waals surface area contributed by atoms with Crippen molar-refractivity contribution in [1.82, 2.24) is 15.0 Å². The van der Waals surface area contributed by atoms with Crippen LogP contribution in [0.1, 0.15) is 102 Å². The summed E-state index contributed by atoms with van der Waals surface area (Å²) in [5, 5.41) is 3.96. The maximum Gasteiger partial charge on any atom is 0.438 e. The Morgan fingerprint density at radius 3 is 2.60 bits per heavy atom. The van der Waals surface area contributed by atoms with Gasteiger partial charge in [0.2, 0.25) is 0 Å². The molecule has 3 aliphatic rings. The molecule has 2 aliphatic carbocycles. The van der Waals surface area contributed by atoms with Gasteiger partial charge in [0.1, 0.15) is 17.3 Å². The van der Waals surface area contributed by atoms with Crippen molar-refractivity contribution >= 4 is 5.78 Å². The molecule has 1 N–H and O–H groups in total. The third-order valence-corrected chi connectivity index (χ3v) is 10.2. The largest absolute Gasteiger partial charge is 0.490 e. The third-order valence-electron chi connectivity index (χ3n) is 10.2. The zero-order valence-corrected chi connectivity index (χ0v) is 26.0. The number of benzene rings is 2. The smallest absolute Gasteiger partial charge is 0.438 e. The molecular formula is C35H44FN3O4. The van der Waals surface area contributed by atoms with Gasteiger partial charge in [-0.3, -0.25) is 19.2 Å². The van der Waals surface area contributed by atoms with Gasteiger partial charge in [0.15, 0.2) is 5.82 Å². The Labute approximate surface area is 253 Å². The van der Waals surface area contributed by atoms with Gasteiger partial charge in [0.05, 0.1) is 17.6 Å². The zero-order chi connectivity index (χ0) is 30.5. The second-order valence-corrected chi connectivity index (χ2v) is 14.5. The van der Waals surface area contributed by atoms with E-state index in [-0.39, 0.29) is 29.3 Å².